The minimum atomic E-state index is -0.604. The van der Waals surface area contributed by atoms with Crippen molar-refractivity contribution in [3.8, 4) is 17.2 Å². The van der Waals surface area contributed by atoms with E-state index >= 15 is 0 Å². The Balaban J connectivity index is 1.72. The molecule has 2 aromatic carbocycles. The number of aryl methyl sites for hydroxylation is 1. The van der Waals surface area contributed by atoms with Gasteiger partial charge >= 0.3 is 0 Å². The number of hydrazine groups is 1. The second kappa shape index (κ2) is 9.16. The largest absolute Gasteiger partial charge is 0.493 e. The molecule has 0 spiro atoms. The van der Waals surface area contributed by atoms with Gasteiger partial charge in [0.25, 0.3) is 17.4 Å². The molecule has 0 aliphatic heterocycles. The van der Waals surface area contributed by atoms with Crippen LogP contribution in [0, 0.1) is 6.92 Å². The van der Waals surface area contributed by atoms with Gasteiger partial charge in [-0.3, -0.25) is 29.8 Å². The number of hydrogen-bond donors (Lipinski definition) is 2. The van der Waals surface area contributed by atoms with Crippen LogP contribution in [0.3, 0.4) is 0 Å². The molecular weight excluding hydrogens is 404 g/mol. The molecule has 31 heavy (non-hydrogen) atoms. The Kier molecular flexibility index (Phi) is 6.39. The van der Waals surface area contributed by atoms with Gasteiger partial charge < -0.3 is 14.2 Å². The van der Waals surface area contributed by atoms with E-state index in [0.29, 0.717) is 28.2 Å². The van der Waals surface area contributed by atoms with Crippen LogP contribution >= 0.6 is 0 Å². The number of carbonyl (C=O) groups is 2. The van der Waals surface area contributed by atoms with Gasteiger partial charge in [-0.05, 0) is 30.7 Å². The number of ether oxygens (including phenoxy) is 3. The minimum absolute atomic E-state index is 0.176. The number of fused-ring (bicyclic) bond motifs is 1. The second-order valence-corrected chi connectivity index (χ2v) is 6.57. The lowest BCUT2D eigenvalue weighted by atomic mass is 10.1. The molecular formula is C21H22N4O6. The fourth-order valence-electron chi connectivity index (χ4n) is 3.06. The van der Waals surface area contributed by atoms with E-state index in [9.17, 15) is 14.4 Å². The second-order valence-electron chi connectivity index (χ2n) is 6.57. The van der Waals surface area contributed by atoms with E-state index in [2.05, 4.69) is 15.8 Å². The van der Waals surface area contributed by atoms with Gasteiger partial charge in [0.2, 0.25) is 5.75 Å². The van der Waals surface area contributed by atoms with E-state index in [1.807, 2.05) is 13.0 Å². The minimum Gasteiger partial charge on any atom is -0.493 e. The van der Waals surface area contributed by atoms with E-state index in [1.54, 1.807) is 12.1 Å². The van der Waals surface area contributed by atoms with Crippen LogP contribution in [0.25, 0.3) is 10.9 Å². The normalized spacial score (nSPS) is 10.5. The summed E-state index contributed by atoms with van der Waals surface area (Å²) >= 11 is 0. The van der Waals surface area contributed by atoms with Gasteiger partial charge in [-0.1, -0.05) is 12.1 Å². The molecule has 2 amide bonds. The summed E-state index contributed by atoms with van der Waals surface area (Å²) in [6, 6.07) is 8.15. The summed E-state index contributed by atoms with van der Waals surface area (Å²) in [5.74, 6) is -0.280. The van der Waals surface area contributed by atoms with E-state index in [0.717, 1.165) is 5.56 Å². The van der Waals surface area contributed by atoms with Gasteiger partial charge in [-0.2, -0.15) is 0 Å². The first kappa shape index (κ1) is 21.6. The van der Waals surface area contributed by atoms with Gasteiger partial charge in [0, 0.05) is 5.56 Å². The van der Waals surface area contributed by atoms with Crippen LogP contribution in [-0.2, 0) is 11.3 Å². The lowest BCUT2D eigenvalue weighted by Crippen LogP contribution is -2.44. The van der Waals surface area contributed by atoms with Crippen molar-refractivity contribution < 1.29 is 23.8 Å². The van der Waals surface area contributed by atoms with Crippen molar-refractivity contribution in [2.75, 3.05) is 21.3 Å². The number of rotatable bonds is 6. The number of aromatic nitrogens is 2. The molecule has 0 saturated heterocycles. The maximum absolute atomic E-state index is 12.6. The molecule has 0 saturated carbocycles. The number of carbonyl (C=O) groups excluding carboxylic acids is 2. The Morgan fingerprint density at radius 1 is 1.03 bits per heavy atom. The average molecular weight is 426 g/mol. The Morgan fingerprint density at radius 2 is 1.71 bits per heavy atom. The highest BCUT2D eigenvalue weighted by atomic mass is 16.5. The third kappa shape index (κ3) is 4.42. The predicted octanol–water partition coefficient (Wildman–Crippen LogP) is 1.19. The third-order valence-electron chi connectivity index (χ3n) is 4.61. The zero-order chi connectivity index (χ0) is 22.5. The maximum Gasteiger partial charge on any atom is 0.269 e. The highest BCUT2D eigenvalue weighted by molar-refractivity contribution is 5.96. The zero-order valence-corrected chi connectivity index (χ0v) is 17.5. The molecule has 0 fully saturated rings. The number of nitrogens with one attached hydrogen (secondary N) is 2. The molecule has 3 rings (SSSR count). The predicted molar refractivity (Wildman–Crippen MR) is 112 cm³/mol. The number of amides is 2. The van der Waals surface area contributed by atoms with Crippen molar-refractivity contribution in [1.82, 2.24) is 20.4 Å². The lowest BCUT2D eigenvalue weighted by molar-refractivity contribution is -0.122. The van der Waals surface area contributed by atoms with Crippen LogP contribution in [0.2, 0.25) is 0 Å². The Morgan fingerprint density at radius 3 is 2.32 bits per heavy atom. The first-order chi connectivity index (χ1) is 14.9. The van der Waals surface area contributed by atoms with Gasteiger partial charge in [0.1, 0.15) is 6.54 Å². The molecule has 1 heterocycles. The summed E-state index contributed by atoms with van der Waals surface area (Å²) in [4.78, 5) is 41.6. The molecule has 0 atom stereocenters. The topological polar surface area (TPSA) is 121 Å². The van der Waals surface area contributed by atoms with Crippen LogP contribution in [0.5, 0.6) is 17.2 Å². The van der Waals surface area contributed by atoms with E-state index in [-0.39, 0.29) is 17.7 Å². The first-order valence-electron chi connectivity index (χ1n) is 9.23. The fourth-order valence-corrected chi connectivity index (χ4v) is 3.06. The average Bonchev–Trinajstić information content (AvgIpc) is 2.78. The summed E-state index contributed by atoms with van der Waals surface area (Å²) < 4.78 is 16.8. The number of para-hydroxylation sites is 1. The van der Waals surface area contributed by atoms with Crippen LogP contribution < -0.4 is 30.6 Å². The highest BCUT2D eigenvalue weighted by Crippen LogP contribution is 2.38. The molecule has 162 valence electrons. The van der Waals surface area contributed by atoms with Crippen molar-refractivity contribution in [2.45, 2.75) is 13.5 Å². The van der Waals surface area contributed by atoms with Gasteiger partial charge in [0.15, 0.2) is 11.5 Å². The number of methoxy groups -OCH3 is 3. The van der Waals surface area contributed by atoms with Crippen molar-refractivity contribution in [3.63, 3.8) is 0 Å². The smallest absolute Gasteiger partial charge is 0.269 e. The monoisotopic (exact) mass is 426 g/mol. The summed E-state index contributed by atoms with van der Waals surface area (Å²) in [5, 5.41) is 0.414. The summed E-state index contributed by atoms with van der Waals surface area (Å²) in [7, 11) is 4.31. The zero-order valence-electron chi connectivity index (χ0n) is 17.5. The summed E-state index contributed by atoms with van der Waals surface area (Å²) in [6.45, 7) is 1.54. The van der Waals surface area contributed by atoms with Crippen LogP contribution in [0.1, 0.15) is 15.9 Å². The molecule has 10 nitrogen and oxygen atoms in total. The molecule has 0 aliphatic rings. The van der Waals surface area contributed by atoms with Crippen molar-refractivity contribution >= 4 is 22.7 Å². The lowest BCUT2D eigenvalue weighted by Gasteiger charge is -2.14. The molecule has 0 bridgehead atoms. The van der Waals surface area contributed by atoms with E-state index in [4.69, 9.17) is 14.2 Å². The molecule has 2 N–H and O–H groups in total. The quantitative estimate of drug-likeness (QED) is 0.568. The molecule has 0 radical (unpaired) electrons. The summed E-state index contributed by atoms with van der Waals surface area (Å²) in [5.41, 5.74) is 5.86. The molecule has 0 aliphatic carbocycles. The number of nitrogens with zero attached hydrogens (tertiary/aromatic N) is 2. The molecule has 10 heteroatoms. The molecule has 3 aromatic rings. The van der Waals surface area contributed by atoms with E-state index < -0.39 is 11.8 Å². The van der Waals surface area contributed by atoms with Crippen molar-refractivity contribution in [2.24, 2.45) is 0 Å². The van der Waals surface area contributed by atoms with Gasteiger partial charge in [-0.15, -0.1) is 0 Å². The Labute approximate surface area is 177 Å². The van der Waals surface area contributed by atoms with Crippen LogP contribution in [-0.4, -0.2) is 42.7 Å². The number of hydrogen-bond acceptors (Lipinski definition) is 7. The van der Waals surface area contributed by atoms with Gasteiger partial charge in [-0.25, -0.2) is 4.98 Å². The van der Waals surface area contributed by atoms with E-state index in [1.165, 1.54) is 44.4 Å². The third-order valence-corrected chi connectivity index (χ3v) is 4.61. The molecule has 0 unspecified atom stereocenters. The first-order valence-corrected chi connectivity index (χ1v) is 9.23. The standard InChI is InChI=1S/C21H22N4O6/c1-12-6-5-7-14-18(12)22-11-25(21(14)28)10-17(26)23-24-20(27)13-8-15(29-2)19(31-4)16(9-13)30-3/h5-9,11H,10H2,1-4H3,(H,23,26)(H,24,27). The van der Waals surface area contributed by atoms with Crippen molar-refractivity contribution in [1.29, 1.82) is 0 Å². The fraction of sp³-hybridized carbons (Fsp3) is 0.238. The highest BCUT2D eigenvalue weighted by Gasteiger charge is 2.17. The summed E-state index contributed by atoms with van der Waals surface area (Å²) in [6.07, 6.45) is 1.30. The maximum atomic E-state index is 12.6. The van der Waals surface area contributed by atoms with Gasteiger partial charge in [0.05, 0.1) is 38.6 Å². The Hall–Kier alpha value is -4.08. The SMILES string of the molecule is COc1cc(C(=O)NNC(=O)Cn2cnc3c(C)cccc3c2=O)cc(OC)c1OC. The van der Waals surface area contributed by atoms with Crippen LogP contribution in [0.4, 0.5) is 0 Å². The Bertz CT molecular complexity index is 1180. The van der Waals surface area contributed by atoms with Crippen LogP contribution in [0.15, 0.2) is 41.5 Å². The molecule has 1 aromatic heterocycles. The van der Waals surface area contributed by atoms with Crippen molar-refractivity contribution in [3.05, 3.63) is 58.1 Å². The number of benzene rings is 2.